The summed E-state index contributed by atoms with van der Waals surface area (Å²) in [4.78, 5) is 5.55. The molecule has 0 bridgehead atoms. The maximum atomic E-state index is 6.31. The van der Waals surface area contributed by atoms with E-state index in [1.54, 1.807) is 0 Å². The van der Waals surface area contributed by atoms with Gasteiger partial charge in [-0.25, -0.2) is 0 Å². The van der Waals surface area contributed by atoms with Crippen molar-refractivity contribution in [2.24, 2.45) is 17.6 Å². The molecule has 2 aliphatic heterocycles. The number of hydrogen-bond donors (Lipinski definition) is 1. The first kappa shape index (κ1) is 14.8. The van der Waals surface area contributed by atoms with Crippen LogP contribution in [-0.4, -0.2) is 54.1 Å². The molecule has 1 saturated carbocycles. The molecule has 4 atom stereocenters. The molecule has 0 spiro atoms. The summed E-state index contributed by atoms with van der Waals surface area (Å²) >= 11 is 0. The molecular formula is C17H33N3. The molecule has 3 rings (SSSR count). The van der Waals surface area contributed by atoms with Gasteiger partial charge in [0.15, 0.2) is 0 Å². The normalized spacial score (nSPS) is 44.2. The van der Waals surface area contributed by atoms with Crippen molar-refractivity contribution in [3.63, 3.8) is 0 Å². The van der Waals surface area contributed by atoms with Crippen molar-refractivity contribution in [3.8, 4) is 0 Å². The Morgan fingerprint density at radius 1 is 1.05 bits per heavy atom. The molecule has 2 saturated heterocycles. The lowest BCUT2D eigenvalue weighted by molar-refractivity contribution is 0.0171. The van der Waals surface area contributed by atoms with Crippen molar-refractivity contribution in [1.82, 2.24) is 9.80 Å². The average molecular weight is 279 g/mol. The number of fused-ring (bicyclic) bond motifs is 1. The summed E-state index contributed by atoms with van der Waals surface area (Å²) in [7, 11) is 0. The van der Waals surface area contributed by atoms with Gasteiger partial charge in [-0.3, -0.25) is 9.80 Å². The number of nitrogens with zero attached hydrogens (tertiary/aromatic N) is 2. The van der Waals surface area contributed by atoms with Crippen molar-refractivity contribution in [3.05, 3.63) is 0 Å². The summed E-state index contributed by atoms with van der Waals surface area (Å²) in [6, 6.07) is 0.815. The third-order valence-electron chi connectivity index (χ3n) is 6.59. The highest BCUT2D eigenvalue weighted by Crippen LogP contribution is 2.40. The molecule has 4 unspecified atom stereocenters. The fourth-order valence-electron chi connectivity index (χ4n) is 4.92. The van der Waals surface area contributed by atoms with E-state index in [2.05, 4.69) is 23.6 Å². The zero-order valence-electron chi connectivity index (χ0n) is 13.5. The van der Waals surface area contributed by atoms with Crippen LogP contribution in [0.25, 0.3) is 0 Å². The molecular weight excluding hydrogens is 246 g/mol. The van der Waals surface area contributed by atoms with E-state index in [4.69, 9.17) is 5.73 Å². The summed E-state index contributed by atoms with van der Waals surface area (Å²) < 4.78 is 0. The first-order valence-corrected chi connectivity index (χ1v) is 8.84. The van der Waals surface area contributed by atoms with Gasteiger partial charge in [0.25, 0.3) is 0 Å². The van der Waals surface area contributed by atoms with E-state index in [-0.39, 0.29) is 0 Å². The Balaban J connectivity index is 1.74. The van der Waals surface area contributed by atoms with Gasteiger partial charge < -0.3 is 5.73 Å². The molecule has 116 valence electrons. The summed E-state index contributed by atoms with van der Waals surface area (Å²) in [5.74, 6) is 1.71. The summed E-state index contributed by atoms with van der Waals surface area (Å²) in [6.45, 7) is 10.9. The molecule has 0 aromatic carbocycles. The van der Waals surface area contributed by atoms with E-state index < -0.39 is 0 Å². The van der Waals surface area contributed by atoms with Gasteiger partial charge in [-0.2, -0.15) is 0 Å². The van der Waals surface area contributed by atoms with Crippen LogP contribution in [-0.2, 0) is 0 Å². The van der Waals surface area contributed by atoms with Crippen LogP contribution in [0.1, 0.15) is 52.4 Å². The number of nitrogens with two attached hydrogens (primary N) is 1. The molecule has 0 aromatic rings. The van der Waals surface area contributed by atoms with E-state index in [1.165, 1.54) is 64.7 Å². The largest absolute Gasteiger partial charge is 0.329 e. The highest BCUT2D eigenvalue weighted by Gasteiger charge is 2.43. The standard InChI is InChI=1S/C17H33N3/c1-14-6-7-17(13-18,11-15(14)2)20-10-4-9-19-8-3-5-16(19)12-20/h14-16H,3-13,18H2,1-2H3. The lowest BCUT2D eigenvalue weighted by Crippen LogP contribution is -2.58. The van der Waals surface area contributed by atoms with Crippen molar-refractivity contribution in [1.29, 1.82) is 0 Å². The van der Waals surface area contributed by atoms with Gasteiger partial charge in [-0.1, -0.05) is 13.8 Å². The van der Waals surface area contributed by atoms with Crippen LogP contribution in [0.4, 0.5) is 0 Å². The second-order valence-corrected chi connectivity index (χ2v) is 7.76. The molecule has 2 N–H and O–H groups in total. The van der Waals surface area contributed by atoms with Crippen LogP contribution in [0.3, 0.4) is 0 Å². The van der Waals surface area contributed by atoms with Gasteiger partial charge in [0, 0.05) is 31.2 Å². The maximum absolute atomic E-state index is 6.31. The number of rotatable bonds is 2. The Hall–Kier alpha value is -0.120. The van der Waals surface area contributed by atoms with Gasteiger partial charge in [0.1, 0.15) is 0 Å². The quantitative estimate of drug-likeness (QED) is 0.842. The smallest absolute Gasteiger partial charge is 0.0335 e. The van der Waals surface area contributed by atoms with Gasteiger partial charge in [-0.05, 0) is 63.5 Å². The number of hydrogen-bond acceptors (Lipinski definition) is 3. The predicted octanol–water partition coefficient (Wildman–Crippen LogP) is 2.31. The molecule has 2 heterocycles. The third-order valence-corrected chi connectivity index (χ3v) is 6.59. The average Bonchev–Trinajstić information content (AvgIpc) is 2.79. The van der Waals surface area contributed by atoms with E-state index >= 15 is 0 Å². The molecule has 3 aliphatic rings. The van der Waals surface area contributed by atoms with Gasteiger partial charge >= 0.3 is 0 Å². The van der Waals surface area contributed by atoms with E-state index in [9.17, 15) is 0 Å². The summed E-state index contributed by atoms with van der Waals surface area (Å²) in [5, 5.41) is 0. The molecule has 0 aromatic heterocycles. The Bertz CT molecular complexity index is 332. The zero-order valence-corrected chi connectivity index (χ0v) is 13.5. The third kappa shape index (κ3) is 2.65. The molecule has 3 heteroatoms. The van der Waals surface area contributed by atoms with Crippen LogP contribution >= 0.6 is 0 Å². The Morgan fingerprint density at radius 2 is 1.85 bits per heavy atom. The van der Waals surface area contributed by atoms with Crippen LogP contribution in [0.2, 0.25) is 0 Å². The van der Waals surface area contributed by atoms with Crippen LogP contribution in [0.5, 0.6) is 0 Å². The first-order chi connectivity index (χ1) is 9.64. The lowest BCUT2D eigenvalue weighted by atomic mass is 9.70. The molecule has 20 heavy (non-hydrogen) atoms. The second kappa shape index (κ2) is 5.94. The minimum Gasteiger partial charge on any atom is -0.329 e. The van der Waals surface area contributed by atoms with E-state index in [0.29, 0.717) is 5.54 Å². The maximum Gasteiger partial charge on any atom is 0.0335 e. The van der Waals surface area contributed by atoms with Crippen molar-refractivity contribution < 1.29 is 0 Å². The van der Waals surface area contributed by atoms with E-state index in [0.717, 1.165) is 24.4 Å². The Kier molecular flexibility index (Phi) is 4.40. The van der Waals surface area contributed by atoms with Crippen LogP contribution in [0.15, 0.2) is 0 Å². The molecule has 1 aliphatic carbocycles. The Morgan fingerprint density at radius 3 is 2.60 bits per heavy atom. The molecule has 0 radical (unpaired) electrons. The fraction of sp³-hybridized carbons (Fsp3) is 1.00. The SMILES string of the molecule is CC1CCC(CN)(N2CCCN3CCCC3C2)CC1C. The summed E-state index contributed by atoms with van der Waals surface area (Å²) in [5.41, 5.74) is 6.62. The highest BCUT2D eigenvalue weighted by molar-refractivity contribution is 5.00. The monoisotopic (exact) mass is 279 g/mol. The second-order valence-electron chi connectivity index (χ2n) is 7.76. The molecule has 3 fully saturated rings. The topological polar surface area (TPSA) is 32.5 Å². The van der Waals surface area contributed by atoms with Gasteiger partial charge in [-0.15, -0.1) is 0 Å². The molecule has 0 amide bonds. The minimum atomic E-state index is 0.310. The summed E-state index contributed by atoms with van der Waals surface area (Å²) in [6.07, 6.45) is 8.15. The zero-order chi connectivity index (χ0) is 14.2. The van der Waals surface area contributed by atoms with Crippen molar-refractivity contribution in [2.45, 2.75) is 64.0 Å². The minimum absolute atomic E-state index is 0.310. The lowest BCUT2D eigenvalue weighted by Gasteiger charge is -2.50. The van der Waals surface area contributed by atoms with Gasteiger partial charge in [0.2, 0.25) is 0 Å². The first-order valence-electron chi connectivity index (χ1n) is 8.84. The van der Waals surface area contributed by atoms with E-state index in [1.807, 2.05) is 0 Å². The Labute approximate surface area is 124 Å². The van der Waals surface area contributed by atoms with Gasteiger partial charge in [0.05, 0.1) is 0 Å². The van der Waals surface area contributed by atoms with Crippen LogP contribution < -0.4 is 5.73 Å². The van der Waals surface area contributed by atoms with Crippen LogP contribution in [0, 0.1) is 11.8 Å². The fourth-order valence-corrected chi connectivity index (χ4v) is 4.92. The van der Waals surface area contributed by atoms with Crippen molar-refractivity contribution >= 4 is 0 Å². The van der Waals surface area contributed by atoms with Crippen molar-refractivity contribution in [2.75, 3.05) is 32.7 Å². The highest BCUT2D eigenvalue weighted by atomic mass is 15.3. The predicted molar refractivity (Wildman–Crippen MR) is 84.7 cm³/mol. The molecule has 3 nitrogen and oxygen atoms in total.